The minimum absolute atomic E-state index is 0.347. The Bertz CT molecular complexity index is 1250. The fourth-order valence-corrected chi connectivity index (χ4v) is 4.11. The number of fused-ring (bicyclic) bond motifs is 4. The lowest BCUT2D eigenvalue weighted by atomic mass is 9.88. The van der Waals surface area contributed by atoms with Crippen molar-refractivity contribution in [2.24, 2.45) is 0 Å². The van der Waals surface area contributed by atoms with Crippen LogP contribution in [0.15, 0.2) is 78.9 Å². The average molecular weight is 335 g/mol. The van der Waals surface area contributed by atoms with Crippen LogP contribution in [-0.4, -0.2) is 4.98 Å². The topological polar surface area (TPSA) is 15.8 Å². The Hall–Kier alpha value is -3.06. The Balaban J connectivity index is 1.70. The SMILES string of the molecule is Cc1ccc2[nH]c3ccc(C(C)c4cccc5ccccc45)cc3c2c1. The molecule has 0 amide bonds. The van der Waals surface area contributed by atoms with Crippen LogP contribution in [0.3, 0.4) is 0 Å². The Morgan fingerprint density at radius 2 is 1.42 bits per heavy atom. The summed E-state index contributed by atoms with van der Waals surface area (Å²) in [6, 6.07) is 28.7. The van der Waals surface area contributed by atoms with Gasteiger partial charge >= 0.3 is 0 Å². The van der Waals surface area contributed by atoms with Gasteiger partial charge in [0.15, 0.2) is 0 Å². The van der Waals surface area contributed by atoms with E-state index >= 15 is 0 Å². The van der Waals surface area contributed by atoms with Crippen LogP contribution in [-0.2, 0) is 0 Å². The molecule has 1 unspecified atom stereocenters. The molecule has 1 N–H and O–H groups in total. The van der Waals surface area contributed by atoms with E-state index in [0.717, 1.165) is 0 Å². The maximum absolute atomic E-state index is 3.54. The Kier molecular flexibility index (Phi) is 3.36. The van der Waals surface area contributed by atoms with Gasteiger partial charge in [-0.05, 0) is 53.1 Å². The molecule has 0 radical (unpaired) electrons. The van der Waals surface area contributed by atoms with Gasteiger partial charge in [-0.2, -0.15) is 0 Å². The highest BCUT2D eigenvalue weighted by molar-refractivity contribution is 6.07. The fraction of sp³-hybridized carbons (Fsp3) is 0.120. The van der Waals surface area contributed by atoms with Crippen molar-refractivity contribution in [1.29, 1.82) is 0 Å². The minimum Gasteiger partial charge on any atom is -0.355 e. The molecule has 26 heavy (non-hydrogen) atoms. The lowest BCUT2D eigenvalue weighted by molar-refractivity contribution is 0.936. The van der Waals surface area contributed by atoms with E-state index in [9.17, 15) is 0 Å². The molecule has 0 aliphatic carbocycles. The third-order valence-electron chi connectivity index (χ3n) is 5.57. The number of benzene rings is 4. The molecule has 1 atom stereocenters. The normalized spacial score (nSPS) is 12.8. The van der Waals surface area contributed by atoms with E-state index in [-0.39, 0.29) is 0 Å². The maximum atomic E-state index is 3.54. The molecule has 1 heterocycles. The second-order valence-corrected chi connectivity index (χ2v) is 7.27. The summed E-state index contributed by atoms with van der Waals surface area (Å²) >= 11 is 0. The molecule has 0 bridgehead atoms. The summed E-state index contributed by atoms with van der Waals surface area (Å²) in [4.78, 5) is 3.54. The van der Waals surface area contributed by atoms with Crippen LogP contribution in [0.1, 0.15) is 29.5 Å². The van der Waals surface area contributed by atoms with E-state index in [2.05, 4.69) is 97.7 Å². The minimum atomic E-state index is 0.347. The average Bonchev–Trinajstić information content (AvgIpc) is 3.04. The van der Waals surface area contributed by atoms with Crippen molar-refractivity contribution >= 4 is 32.6 Å². The van der Waals surface area contributed by atoms with Crippen LogP contribution in [0.2, 0.25) is 0 Å². The summed E-state index contributed by atoms with van der Waals surface area (Å²) < 4.78 is 0. The molecule has 1 heteroatoms. The Morgan fingerprint density at radius 3 is 2.31 bits per heavy atom. The van der Waals surface area contributed by atoms with Crippen molar-refractivity contribution in [2.45, 2.75) is 19.8 Å². The predicted octanol–water partition coefficient (Wildman–Crippen LogP) is 6.93. The zero-order chi connectivity index (χ0) is 17.7. The summed E-state index contributed by atoms with van der Waals surface area (Å²) in [5.74, 6) is 0.347. The van der Waals surface area contributed by atoms with Gasteiger partial charge in [0.05, 0.1) is 0 Å². The van der Waals surface area contributed by atoms with Crippen molar-refractivity contribution in [3.05, 3.63) is 95.6 Å². The molecular formula is C25H21N. The summed E-state index contributed by atoms with van der Waals surface area (Å²) in [5, 5.41) is 5.28. The lowest BCUT2D eigenvalue weighted by Crippen LogP contribution is -1.97. The molecule has 1 nitrogen and oxygen atoms in total. The highest BCUT2D eigenvalue weighted by Crippen LogP contribution is 2.34. The lowest BCUT2D eigenvalue weighted by Gasteiger charge is -2.15. The molecule has 0 aliphatic heterocycles. The predicted molar refractivity (Wildman–Crippen MR) is 112 cm³/mol. The number of aromatic nitrogens is 1. The van der Waals surface area contributed by atoms with Gasteiger partial charge in [0.2, 0.25) is 0 Å². The van der Waals surface area contributed by atoms with E-state index in [1.807, 2.05) is 0 Å². The van der Waals surface area contributed by atoms with E-state index in [1.165, 1.54) is 49.3 Å². The molecule has 0 saturated heterocycles. The number of H-pyrrole nitrogens is 1. The van der Waals surface area contributed by atoms with Crippen molar-refractivity contribution in [2.75, 3.05) is 0 Å². The van der Waals surface area contributed by atoms with Gasteiger partial charge < -0.3 is 4.98 Å². The highest BCUT2D eigenvalue weighted by Gasteiger charge is 2.13. The molecule has 4 aromatic carbocycles. The van der Waals surface area contributed by atoms with Crippen molar-refractivity contribution < 1.29 is 0 Å². The molecular weight excluding hydrogens is 314 g/mol. The quantitative estimate of drug-likeness (QED) is 0.360. The van der Waals surface area contributed by atoms with Gasteiger partial charge in [0.25, 0.3) is 0 Å². The first-order valence-corrected chi connectivity index (χ1v) is 9.20. The van der Waals surface area contributed by atoms with Crippen LogP contribution in [0, 0.1) is 6.92 Å². The molecule has 0 saturated carbocycles. The van der Waals surface area contributed by atoms with Crippen molar-refractivity contribution in [1.82, 2.24) is 4.98 Å². The first-order chi connectivity index (χ1) is 12.7. The number of nitrogens with one attached hydrogen (secondary N) is 1. The second kappa shape index (κ2) is 5.74. The van der Waals surface area contributed by atoms with Crippen molar-refractivity contribution in [3.63, 3.8) is 0 Å². The molecule has 0 fully saturated rings. The first-order valence-electron chi connectivity index (χ1n) is 9.20. The first kappa shape index (κ1) is 15.2. The summed E-state index contributed by atoms with van der Waals surface area (Å²) in [7, 11) is 0. The third-order valence-corrected chi connectivity index (χ3v) is 5.57. The zero-order valence-corrected chi connectivity index (χ0v) is 15.1. The van der Waals surface area contributed by atoms with Gasteiger partial charge in [-0.25, -0.2) is 0 Å². The number of hydrogen-bond donors (Lipinski definition) is 1. The monoisotopic (exact) mass is 335 g/mol. The Morgan fingerprint density at radius 1 is 0.692 bits per heavy atom. The fourth-order valence-electron chi connectivity index (χ4n) is 4.11. The highest BCUT2D eigenvalue weighted by atomic mass is 14.7. The summed E-state index contributed by atoms with van der Waals surface area (Å²) in [6.45, 7) is 4.46. The molecule has 1 aromatic heterocycles. The number of rotatable bonds is 2. The van der Waals surface area contributed by atoms with Crippen molar-refractivity contribution in [3.8, 4) is 0 Å². The van der Waals surface area contributed by atoms with E-state index in [1.54, 1.807) is 0 Å². The van der Waals surface area contributed by atoms with E-state index in [0.29, 0.717) is 5.92 Å². The molecule has 126 valence electrons. The summed E-state index contributed by atoms with van der Waals surface area (Å²) in [5.41, 5.74) is 6.46. The largest absolute Gasteiger partial charge is 0.355 e. The number of aryl methyl sites for hydroxylation is 1. The smallest absolute Gasteiger partial charge is 0.0465 e. The van der Waals surface area contributed by atoms with Crippen LogP contribution in [0.25, 0.3) is 32.6 Å². The molecule has 0 aliphatic rings. The standard InChI is InChI=1S/C25H21N/c1-16-10-12-24-22(14-16)23-15-19(11-13-25(23)26-24)17(2)20-9-5-7-18-6-3-4-8-21(18)20/h3-15,17,26H,1-2H3. The molecule has 0 spiro atoms. The maximum Gasteiger partial charge on any atom is 0.0465 e. The second-order valence-electron chi connectivity index (χ2n) is 7.27. The van der Waals surface area contributed by atoms with E-state index < -0.39 is 0 Å². The number of aromatic amines is 1. The van der Waals surface area contributed by atoms with Crippen LogP contribution in [0.4, 0.5) is 0 Å². The summed E-state index contributed by atoms with van der Waals surface area (Å²) in [6.07, 6.45) is 0. The zero-order valence-electron chi connectivity index (χ0n) is 15.1. The van der Waals surface area contributed by atoms with Gasteiger partial charge in [0.1, 0.15) is 0 Å². The molecule has 5 aromatic rings. The van der Waals surface area contributed by atoms with Gasteiger partial charge in [-0.3, -0.25) is 0 Å². The van der Waals surface area contributed by atoms with Gasteiger partial charge in [-0.1, -0.05) is 67.1 Å². The van der Waals surface area contributed by atoms with Crippen LogP contribution < -0.4 is 0 Å². The third kappa shape index (κ3) is 2.32. The van der Waals surface area contributed by atoms with Crippen LogP contribution >= 0.6 is 0 Å². The Labute approximate surface area is 153 Å². The van der Waals surface area contributed by atoms with Gasteiger partial charge in [-0.15, -0.1) is 0 Å². The van der Waals surface area contributed by atoms with E-state index in [4.69, 9.17) is 0 Å². The molecule has 5 rings (SSSR count). The number of hydrogen-bond acceptors (Lipinski definition) is 0. The van der Waals surface area contributed by atoms with Crippen LogP contribution in [0.5, 0.6) is 0 Å². The van der Waals surface area contributed by atoms with Gasteiger partial charge in [0, 0.05) is 27.7 Å².